The highest BCUT2D eigenvalue weighted by atomic mass is 16.4. The standard InChI is InChI=1S/C7H12O2.CH4/c1-4-5(6(8)9)7(4,2)3;/h4-5H,1-3H3,(H,8,9);1H4. The summed E-state index contributed by atoms with van der Waals surface area (Å²) in [6.07, 6.45) is 0. The van der Waals surface area contributed by atoms with Gasteiger partial charge in [-0.05, 0) is 11.3 Å². The fourth-order valence-electron chi connectivity index (χ4n) is 1.43. The van der Waals surface area contributed by atoms with Crippen LogP contribution in [-0.4, -0.2) is 11.1 Å². The maximum absolute atomic E-state index is 10.4. The van der Waals surface area contributed by atoms with E-state index in [1.54, 1.807) is 0 Å². The first-order valence-corrected chi connectivity index (χ1v) is 3.20. The van der Waals surface area contributed by atoms with E-state index in [0.717, 1.165) is 0 Å². The van der Waals surface area contributed by atoms with Crippen LogP contribution in [0, 0.1) is 17.3 Å². The van der Waals surface area contributed by atoms with Crippen LogP contribution in [0.3, 0.4) is 0 Å². The Morgan fingerprint density at radius 3 is 1.80 bits per heavy atom. The number of aliphatic carboxylic acids is 1. The van der Waals surface area contributed by atoms with Crippen molar-refractivity contribution in [1.82, 2.24) is 0 Å². The minimum Gasteiger partial charge on any atom is -0.481 e. The number of hydrogen-bond donors (Lipinski definition) is 1. The second-order valence-electron chi connectivity index (χ2n) is 3.43. The number of hydrogen-bond acceptors (Lipinski definition) is 1. The van der Waals surface area contributed by atoms with Gasteiger partial charge in [-0.2, -0.15) is 0 Å². The van der Waals surface area contributed by atoms with Crippen molar-refractivity contribution in [2.45, 2.75) is 28.2 Å². The van der Waals surface area contributed by atoms with Crippen LogP contribution in [0.2, 0.25) is 0 Å². The molecule has 10 heavy (non-hydrogen) atoms. The normalized spacial score (nSPS) is 34.3. The Morgan fingerprint density at radius 1 is 1.50 bits per heavy atom. The number of carboxylic acid groups (broad SMARTS) is 1. The summed E-state index contributed by atoms with van der Waals surface area (Å²) in [7, 11) is 0. The van der Waals surface area contributed by atoms with Gasteiger partial charge in [0.25, 0.3) is 0 Å². The second-order valence-corrected chi connectivity index (χ2v) is 3.43. The smallest absolute Gasteiger partial charge is 0.307 e. The molecule has 0 radical (unpaired) electrons. The van der Waals surface area contributed by atoms with Crippen molar-refractivity contribution < 1.29 is 9.90 Å². The van der Waals surface area contributed by atoms with Crippen LogP contribution < -0.4 is 0 Å². The summed E-state index contributed by atoms with van der Waals surface area (Å²) in [5.41, 5.74) is 0.0475. The van der Waals surface area contributed by atoms with Crippen LogP contribution in [0.4, 0.5) is 0 Å². The summed E-state index contributed by atoms with van der Waals surface area (Å²) < 4.78 is 0. The molecule has 1 fully saturated rings. The van der Waals surface area contributed by atoms with Crippen LogP contribution in [0.25, 0.3) is 0 Å². The minimum atomic E-state index is -0.646. The molecule has 2 nitrogen and oxygen atoms in total. The van der Waals surface area contributed by atoms with Crippen molar-refractivity contribution in [3.63, 3.8) is 0 Å². The highest BCUT2D eigenvalue weighted by Crippen LogP contribution is 2.57. The first-order chi connectivity index (χ1) is 3.98. The number of rotatable bonds is 1. The van der Waals surface area contributed by atoms with E-state index in [-0.39, 0.29) is 18.8 Å². The maximum Gasteiger partial charge on any atom is 0.307 e. The van der Waals surface area contributed by atoms with Gasteiger partial charge in [-0.3, -0.25) is 4.79 Å². The van der Waals surface area contributed by atoms with Crippen LogP contribution in [-0.2, 0) is 4.79 Å². The van der Waals surface area contributed by atoms with Crippen molar-refractivity contribution in [2.24, 2.45) is 17.3 Å². The van der Waals surface area contributed by atoms with E-state index < -0.39 is 5.97 Å². The molecule has 0 amide bonds. The Bertz CT molecular complexity index is 149. The average molecular weight is 144 g/mol. The molecule has 0 aromatic carbocycles. The first kappa shape index (κ1) is 9.47. The molecule has 1 saturated carbocycles. The molecular formula is C8H16O2. The van der Waals surface area contributed by atoms with Gasteiger partial charge in [-0.1, -0.05) is 28.2 Å². The molecule has 1 aliphatic carbocycles. The monoisotopic (exact) mass is 144 g/mol. The van der Waals surface area contributed by atoms with Crippen LogP contribution in [0.5, 0.6) is 0 Å². The Morgan fingerprint density at radius 2 is 1.80 bits per heavy atom. The van der Waals surface area contributed by atoms with Crippen molar-refractivity contribution in [1.29, 1.82) is 0 Å². The van der Waals surface area contributed by atoms with Gasteiger partial charge >= 0.3 is 5.97 Å². The minimum absolute atomic E-state index is 0. The lowest BCUT2D eigenvalue weighted by molar-refractivity contribution is -0.139. The van der Waals surface area contributed by atoms with Gasteiger partial charge in [0.05, 0.1) is 5.92 Å². The van der Waals surface area contributed by atoms with E-state index in [2.05, 4.69) is 0 Å². The summed E-state index contributed by atoms with van der Waals surface area (Å²) in [6, 6.07) is 0. The lowest BCUT2D eigenvalue weighted by atomic mass is 10.1. The van der Waals surface area contributed by atoms with E-state index in [1.807, 2.05) is 20.8 Å². The van der Waals surface area contributed by atoms with Gasteiger partial charge in [-0.15, -0.1) is 0 Å². The molecule has 2 heteroatoms. The first-order valence-electron chi connectivity index (χ1n) is 3.20. The molecule has 0 spiro atoms. The predicted octanol–water partition coefficient (Wildman–Crippen LogP) is 2.00. The van der Waals surface area contributed by atoms with Gasteiger partial charge in [0.15, 0.2) is 0 Å². The molecule has 0 aliphatic heterocycles. The molecule has 2 atom stereocenters. The third kappa shape index (κ3) is 1.02. The lowest BCUT2D eigenvalue weighted by Gasteiger charge is -1.95. The average Bonchev–Trinajstić information content (AvgIpc) is 2.07. The zero-order valence-electron chi connectivity index (χ0n) is 6.01. The summed E-state index contributed by atoms with van der Waals surface area (Å²) >= 11 is 0. The van der Waals surface area contributed by atoms with E-state index >= 15 is 0 Å². The summed E-state index contributed by atoms with van der Waals surface area (Å²) in [4.78, 5) is 10.4. The Hall–Kier alpha value is -0.530. The Labute approximate surface area is 62.2 Å². The van der Waals surface area contributed by atoms with Crippen LogP contribution >= 0.6 is 0 Å². The second kappa shape index (κ2) is 2.26. The van der Waals surface area contributed by atoms with Crippen LogP contribution in [0.15, 0.2) is 0 Å². The quantitative estimate of drug-likeness (QED) is 0.611. The third-order valence-corrected chi connectivity index (χ3v) is 2.63. The van der Waals surface area contributed by atoms with Gasteiger partial charge in [-0.25, -0.2) is 0 Å². The van der Waals surface area contributed by atoms with Gasteiger partial charge in [0.1, 0.15) is 0 Å². The summed E-state index contributed by atoms with van der Waals surface area (Å²) in [5, 5.41) is 8.56. The SMILES string of the molecule is C.CC1C(C(=O)O)C1(C)C. The van der Waals surface area contributed by atoms with E-state index in [1.165, 1.54) is 0 Å². The van der Waals surface area contributed by atoms with Crippen molar-refractivity contribution in [2.75, 3.05) is 0 Å². The number of carbonyl (C=O) groups is 1. The fourth-order valence-corrected chi connectivity index (χ4v) is 1.43. The van der Waals surface area contributed by atoms with Gasteiger partial charge in [0.2, 0.25) is 0 Å². The van der Waals surface area contributed by atoms with Gasteiger partial charge in [0, 0.05) is 0 Å². The lowest BCUT2D eigenvalue weighted by Crippen LogP contribution is -2.02. The third-order valence-electron chi connectivity index (χ3n) is 2.63. The van der Waals surface area contributed by atoms with Gasteiger partial charge < -0.3 is 5.11 Å². The molecule has 2 unspecified atom stereocenters. The highest BCUT2D eigenvalue weighted by molar-refractivity contribution is 5.75. The Kier molecular flexibility index (Phi) is 2.14. The number of carboxylic acids is 1. The predicted molar refractivity (Wildman–Crippen MR) is 40.8 cm³/mol. The topological polar surface area (TPSA) is 37.3 Å². The van der Waals surface area contributed by atoms with Crippen molar-refractivity contribution in [3.8, 4) is 0 Å². The van der Waals surface area contributed by atoms with E-state index in [4.69, 9.17) is 5.11 Å². The molecule has 1 N–H and O–H groups in total. The maximum atomic E-state index is 10.4. The fraction of sp³-hybridized carbons (Fsp3) is 0.875. The molecule has 0 saturated heterocycles. The Balaban J connectivity index is 0.000000810. The molecule has 0 bridgehead atoms. The molecule has 0 aromatic rings. The molecule has 0 aromatic heterocycles. The van der Waals surface area contributed by atoms with E-state index in [9.17, 15) is 4.79 Å². The summed E-state index contributed by atoms with van der Waals surface area (Å²) in [6.45, 7) is 5.98. The van der Waals surface area contributed by atoms with Crippen LogP contribution in [0.1, 0.15) is 28.2 Å². The highest BCUT2D eigenvalue weighted by Gasteiger charge is 2.59. The molecular weight excluding hydrogens is 128 g/mol. The van der Waals surface area contributed by atoms with Crippen molar-refractivity contribution in [3.05, 3.63) is 0 Å². The molecule has 0 heterocycles. The zero-order chi connectivity index (χ0) is 7.23. The molecule has 1 aliphatic rings. The van der Waals surface area contributed by atoms with Crippen molar-refractivity contribution >= 4 is 5.97 Å². The molecule has 1 rings (SSSR count). The molecule has 60 valence electrons. The summed E-state index contributed by atoms with van der Waals surface area (Å²) in [5.74, 6) is -0.389. The zero-order valence-corrected chi connectivity index (χ0v) is 6.01. The largest absolute Gasteiger partial charge is 0.481 e. The van der Waals surface area contributed by atoms with E-state index in [0.29, 0.717) is 5.92 Å².